The van der Waals surface area contributed by atoms with Crippen LogP contribution in [0.1, 0.15) is 28.4 Å². The lowest BCUT2D eigenvalue weighted by Crippen LogP contribution is -2.30. The van der Waals surface area contributed by atoms with Gasteiger partial charge in [-0.05, 0) is 48.9 Å². The quantitative estimate of drug-likeness (QED) is 0.850. The van der Waals surface area contributed by atoms with Gasteiger partial charge in [0.15, 0.2) is 0 Å². The van der Waals surface area contributed by atoms with Crippen molar-refractivity contribution in [3.63, 3.8) is 0 Å². The third-order valence-electron chi connectivity index (χ3n) is 3.46. The highest BCUT2D eigenvalue weighted by molar-refractivity contribution is 5.94. The first kappa shape index (κ1) is 15.6. The number of benzene rings is 2. The molecule has 0 heterocycles. The Morgan fingerprint density at radius 1 is 1.14 bits per heavy atom. The summed E-state index contributed by atoms with van der Waals surface area (Å²) >= 11 is 0. The second kappa shape index (κ2) is 7.28. The van der Waals surface area contributed by atoms with Gasteiger partial charge >= 0.3 is 0 Å². The highest BCUT2D eigenvalue weighted by Crippen LogP contribution is 2.15. The maximum atomic E-state index is 12.5. The Morgan fingerprint density at radius 3 is 2.27 bits per heavy atom. The summed E-state index contributed by atoms with van der Waals surface area (Å²) in [6, 6.07) is 16.4. The van der Waals surface area contributed by atoms with E-state index in [1.807, 2.05) is 31.2 Å². The first-order valence-corrected chi connectivity index (χ1v) is 7.10. The number of carbonyl (C=O) groups excluding carboxylic acids is 1. The topological polar surface area (TPSA) is 53.3 Å². The minimum atomic E-state index is -0.0391. The van der Waals surface area contributed by atoms with E-state index in [1.165, 1.54) is 0 Å². The van der Waals surface area contributed by atoms with Crippen LogP contribution in [0.3, 0.4) is 0 Å². The molecule has 22 heavy (non-hydrogen) atoms. The average molecular weight is 294 g/mol. The molecule has 2 rings (SSSR count). The van der Waals surface area contributed by atoms with E-state index in [-0.39, 0.29) is 5.91 Å². The molecule has 0 aromatic heterocycles. The van der Waals surface area contributed by atoms with Crippen molar-refractivity contribution < 1.29 is 9.53 Å². The molecule has 0 bridgehead atoms. The third-order valence-corrected chi connectivity index (χ3v) is 3.46. The lowest BCUT2D eigenvalue weighted by atomic mass is 10.1. The molecule has 4 nitrogen and oxygen atoms in total. The number of amides is 1. The van der Waals surface area contributed by atoms with Crippen molar-refractivity contribution in [3.8, 4) is 11.8 Å². The fourth-order valence-electron chi connectivity index (χ4n) is 2.15. The Kier molecular flexibility index (Phi) is 5.16. The molecule has 0 aliphatic heterocycles. The van der Waals surface area contributed by atoms with E-state index in [2.05, 4.69) is 6.07 Å². The van der Waals surface area contributed by atoms with E-state index >= 15 is 0 Å². The van der Waals surface area contributed by atoms with Gasteiger partial charge in [-0.25, -0.2) is 0 Å². The van der Waals surface area contributed by atoms with Gasteiger partial charge in [-0.15, -0.1) is 0 Å². The molecule has 0 N–H and O–H groups in total. The Hall–Kier alpha value is -2.80. The lowest BCUT2D eigenvalue weighted by molar-refractivity contribution is 0.0752. The number of hydrogen-bond acceptors (Lipinski definition) is 3. The normalized spacial score (nSPS) is 9.86. The number of rotatable bonds is 5. The summed E-state index contributed by atoms with van der Waals surface area (Å²) in [5.41, 5.74) is 2.19. The number of methoxy groups -OCH3 is 1. The molecule has 2 aromatic carbocycles. The zero-order valence-electron chi connectivity index (χ0n) is 12.7. The molecule has 4 heteroatoms. The van der Waals surface area contributed by atoms with Gasteiger partial charge in [-0.1, -0.05) is 12.1 Å². The number of carbonyl (C=O) groups is 1. The molecule has 112 valence electrons. The number of ether oxygens (including phenoxy) is 1. The van der Waals surface area contributed by atoms with Crippen LogP contribution in [0, 0.1) is 11.3 Å². The number of nitrogens with zero attached hydrogens (tertiary/aromatic N) is 2. The minimum Gasteiger partial charge on any atom is -0.497 e. The maximum absolute atomic E-state index is 12.5. The summed E-state index contributed by atoms with van der Waals surface area (Å²) in [6.07, 6.45) is 0. The molecule has 0 saturated heterocycles. The first-order valence-electron chi connectivity index (χ1n) is 7.10. The van der Waals surface area contributed by atoms with E-state index in [0.29, 0.717) is 24.2 Å². The van der Waals surface area contributed by atoms with Gasteiger partial charge in [0, 0.05) is 18.7 Å². The van der Waals surface area contributed by atoms with E-state index in [1.54, 1.807) is 36.3 Å². The summed E-state index contributed by atoms with van der Waals surface area (Å²) in [7, 11) is 1.63. The van der Waals surface area contributed by atoms with E-state index in [0.717, 1.165) is 11.3 Å². The Labute approximate surface area is 130 Å². The van der Waals surface area contributed by atoms with Crippen molar-refractivity contribution in [2.24, 2.45) is 0 Å². The van der Waals surface area contributed by atoms with Gasteiger partial charge < -0.3 is 9.64 Å². The predicted molar refractivity (Wildman–Crippen MR) is 84.6 cm³/mol. The molecule has 0 radical (unpaired) electrons. The summed E-state index contributed by atoms with van der Waals surface area (Å²) in [6.45, 7) is 3.11. The van der Waals surface area contributed by atoms with Crippen molar-refractivity contribution in [2.75, 3.05) is 13.7 Å². The van der Waals surface area contributed by atoms with Crippen molar-refractivity contribution in [1.29, 1.82) is 5.26 Å². The highest BCUT2D eigenvalue weighted by atomic mass is 16.5. The van der Waals surface area contributed by atoms with Gasteiger partial charge in [0.25, 0.3) is 5.91 Å². The SMILES string of the molecule is CCN(Cc1ccc(OC)cc1)C(=O)c1ccc(C#N)cc1. The van der Waals surface area contributed by atoms with Crippen LogP contribution in [0.4, 0.5) is 0 Å². The zero-order chi connectivity index (χ0) is 15.9. The van der Waals surface area contributed by atoms with Gasteiger partial charge in [0.1, 0.15) is 5.75 Å². The maximum Gasteiger partial charge on any atom is 0.254 e. The molecule has 0 aliphatic rings. The smallest absolute Gasteiger partial charge is 0.254 e. The molecule has 0 spiro atoms. The molecule has 0 fully saturated rings. The summed E-state index contributed by atoms with van der Waals surface area (Å²) in [5.74, 6) is 0.757. The molecule has 0 atom stereocenters. The second-order valence-electron chi connectivity index (χ2n) is 4.86. The largest absolute Gasteiger partial charge is 0.497 e. The average Bonchev–Trinajstić information content (AvgIpc) is 2.59. The van der Waals surface area contributed by atoms with Gasteiger partial charge in [0.05, 0.1) is 18.7 Å². The van der Waals surface area contributed by atoms with E-state index in [4.69, 9.17) is 10.00 Å². The standard InChI is InChI=1S/C18H18N2O2/c1-3-20(13-15-6-10-17(22-2)11-7-15)18(21)16-8-4-14(12-19)5-9-16/h4-11H,3,13H2,1-2H3. The number of hydrogen-bond donors (Lipinski definition) is 0. The summed E-state index contributed by atoms with van der Waals surface area (Å²) in [5, 5.41) is 8.80. The molecule has 0 aliphatic carbocycles. The first-order chi connectivity index (χ1) is 10.7. The van der Waals surface area contributed by atoms with Gasteiger partial charge in [-0.2, -0.15) is 5.26 Å². The molecule has 0 unspecified atom stereocenters. The van der Waals surface area contributed by atoms with Crippen molar-refractivity contribution in [1.82, 2.24) is 4.90 Å². The molecule has 0 saturated carbocycles. The van der Waals surface area contributed by atoms with Gasteiger partial charge in [-0.3, -0.25) is 4.79 Å². The van der Waals surface area contributed by atoms with Crippen LogP contribution < -0.4 is 4.74 Å². The summed E-state index contributed by atoms with van der Waals surface area (Å²) < 4.78 is 5.13. The fourth-order valence-corrected chi connectivity index (χ4v) is 2.15. The Balaban J connectivity index is 2.12. The van der Waals surface area contributed by atoms with E-state index in [9.17, 15) is 4.79 Å². The van der Waals surface area contributed by atoms with E-state index < -0.39 is 0 Å². The van der Waals surface area contributed by atoms with Gasteiger partial charge in [0.2, 0.25) is 0 Å². The Morgan fingerprint density at radius 2 is 1.77 bits per heavy atom. The molecule has 1 amide bonds. The molecule has 2 aromatic rings. The van der Waals surface area contributed by atoms with Crippen LogP contribution in [0.2, 0.25) is 0 Å². The second-order valence-corrected chi connectivity index (χ2v) is 4.86. The van der Waals surface area contributed by atoms with Crippen molar-refractivity contribution in [2.45, 2.75) is 13.5 Å². The van der Waals surface area contributed by atoms with Crippen LogP contribution in [0.25, 0.3) is 0 Å². The number of nitriles is 1. The lowest BCUT2D eigenvalue weighted by Gasteiger charge is -2.21. The van der Waals surface area contributed by atoms with Crippen LogP contribution in [-0.4, -0.2) is 24.5 Å². The van der Waals surface area contributed by atoms with Crippen LogP contribution in [0.5, 0.6) is 5.75 Å². The zero-order valence-corrected chi connectivity index (χ0v) is 12.7. The van der Waals surface area contributed by atoms with Crippen LogP contribution >= 0.6 is 0 Å². The van der Waals surface area contributed by atoms with Crippen LogP contribution in [0.15, 0.2) is 48.5 Å². The molecular weight excluding hydrogens is 276 g/mol. The highest BCUT2D eigenvalue weighted by Gasteiger charge is 2.14. The van der Waals surface area contributed by atoms with Crippen molar-refractivity contribution >= 4 is 5.91 Å². The Bertz CT molecular complexity index is 670. The monoisotopic (exact) mass is 294 g/mol. The molecular formula is C18H18N2O2. The van der Waals surface area contributed by atoms with Crippen molar-refractivity contribution in [3.05, 3.63) is 65.2 Å². The fraction of sp³-hybridized carbons (Fsp3) is 0.222. The summed E-state index contributed by atoms with van der Waals surface area (Å²) in [4.78, 5) is 14.3. The predicted octanol–water partition coefficient (Wildman–Crippen LogP) is 3.23. The minimum absolute atomic E-state index is 0.0391. The van der Waals surface area contributed by atoms with Crippen LogP contribution in [-0.2, 0) is 6.54 Å². The third kappa shape index (κ3) is 3.64.